The lowest BCUT2D eigenvalue weighted by Gasteiger charge is -2.18. The van der Waals surface area contributed by atoms with Crippen molar-refractivity contribution >= 4 is 23.2 Å². The van der Waals surface area contributed by atoms with Gasteiger partial charge in [-0.3, -0.25) is 0 Å². The summed E-state index contributed by atoms with van der Waals surface area (Å²) in [6.07, 6.45) is 0. The molecule has 0 unspecified atom stereocenters. The predicted molar refractivity (Wildman–Crippen MR) is 101 cm³/mol. The number of benzene rings is 2. The third-order valence-electron chi connectivity index (χ3n) is 3.79. The third kappa shape index (κ3) is 5.90. The van der Waals surface area contributed by atoms with E-state index in [-0.39, 0.29) is 0 Å². The molecule has 0 aromatic heterocycles. The summed E-state index contributed by atoms with van der Waals surface area (Å²) in [5.74, 6) is 1.57. The first-order valence-electron chi connectivity index (χ1n) is 8.14. The molecular formula is C19H23Cl2NO2. The zero-order valence-corrected chi connectivity index (χ0v) is 15.6. The Balaban J connectivity index is 1.80. The summed E-state index contributed by atoms with van der Waals surface area (Å²) < 4.78 is 11.5. The van der Waals surface area contributed by atoms with Crippen molar-refractivity contribution in [2.75, 3.05) is 26.2 Å². The number of likely N-dealkylation sites (N-methyl/N-ethyl adjacent to an activating group) is 1. The summed E-state index contributed by atoms with van der Waals surface area (Å²) in [4.78, 5) is 2.33. The summed E-state index contributed by atoms with van der Waals surface area (Å²) in [6, 6.07) is 13.2. The van der Waals surface area contributed by atoms with E-state index in [1.165, 1.54) is 0 Å². The lowest BCUT2D eigenvalue weighted by atomic mass is 10.2. The molecule has 2 rings (SSSR count). The van der Waals surface area contributed by atoms with Gasteiger partial charge < -0.3 is 14.4 Å². The second-order valence-corrected chi connectivity index (χ2v) is 6.20. The Morgan fingerprint density at radius 2 is 1.50 bits per heavy atom. The number of nitrogens with zero attached hydrogens (tertiary/aromatic N) is 1. The average Bonchev–Trinajstić information content (AvgIpc) is 2.61. The van der Waals surface area contributed by atoms with E-state index < -0.39 is 0 Å². The first kappa shape index (κ1) is 18.9. The molecule has 2 aromatic rings. The van der Waals surface area contributed by atoms with Gasteiger partial charge in [-0.1, -0.05) is 49.2 Å². The van der Waals surface area contributed by atoms with E-state index in [1.54, 1.807) is 18.2 Å². The van der Waals surface area contributed by atoms with Crippen molar-refractivity contribution in [2.24, 2.45) is 0 Å². The average molecular weight is 368 g/mol. The van der Waals surface area contributed by atoms with E-state index in [9.17, 15) is 0 Å². The van der Waals surface area contributed by atoms with Crippen LogP contribution in [0.15, 0.2) is 42.5 Å². The molecule has 0 heterocycles. The molecule has 0 aliphatic carbocycles. The fraction of sp³-hybridized carbons (Fsp3) is 0.368. The smallest absolute Gasteiger partial charge is 0.121 e. The number of hydrogen-bond donors (Lipinski definition) is 0. The Labute approximate surface area is 154 Å². The summed E-state index contributed by atoms with van der Waals surface area (Å²) in [6.45, 7) is 8.52. The Bertz CT molecular complexity index is 628. The minimum absolute atomic E-state index is 0.470. The van der Waals surface area contributed by atoms with Gasteiger partial charge in [0.15, 0.2) is 0 Å². The Morgan fingerprint density at radius 3 is 2.12 bits per heavy atom. The van der Waals surface area contributed by atoms with Gasteiger partial charge in [-0.15, -0.1) is 0 Å². The highest BCUT2D eigenvalue weighted by molar-refractivity contribution is 6.42. The van der Waals surface area contributed by atoms with Gasteiger partial charge in [-0.25, -0.2) is 0 Å². The van der Waals surface area contributed by atoms with Gasteiger partial charge >= 0.3 is 0 Å². The van der Waals surface area contributed by atoms with Crippen LogP contribution < -0.4 is 9.47 Å². The molecule has 3 nitrogen and oxygen atoms in total. The summed E-state index contributed by atoms with van der Waals surface area (Å²) >= 11 is 11.9. The Hall–Kier alpha value is -1.42. The number of rotatable bonds is 9. The van der Waals surface area contributed by atoms with E-state index in [4.69, 9.17) is 32.7 Å². The van der Waals surface area contributed by atoms with E-state index in [0.717, 1.165) is 30.9 Å². The molecule has 2 aromatic carbocycles. The SMILES string of the molecule is CCN(CC)CCOc1ccc(COc2ccc(Cl)c(Cl)c2)cc1. The van der Waals surface area contributed by atoms with Crippen LogP contribution in [0, 0.1) is 0 Å². The first-order chi connectivity index (χ1) is 11.6. The number of ether oxygens (including phenoxy) is 2. The molecule has 0 saturated heterocycles. The highest BCUT2D eigenvalue weighted by Gasteiger charge is 2.02. The highest BCUT2D eigenvalue weighted by Crippen LogP contribution is 2.26. The fourth-order valence-electron chi connectivity index (χ4n) is 2.25. The second kappa shape index (κ2) is 9.77. The predicted octanol–water partition coefficient (Wildman–Crippen LogP) is 5.29. The summed E-state index contributed by atoms with van der Waals surface area (Å²) in [5.41, 5.74) is 1.07. The monoisotopic (exact) mass is 367 g/mol. The molecule has 5 heteroatoms. The van der Waals surface area contributed by atoms with Gasteiger partial charge in [0.2, 0.25) is 0 Å². The molecule has 0 bridgehead atoms. The van der Waals surface area contributed by atoms with Crippen LogP contribution in [-0.4, -0.2) is 31.1 Å². The normalized spacial score (nSPS) is 10.9. The first-order valence-corrected chi connectivity index (χ1v) is 8.90. The lowest BCUT2D eigenvalue weighted by Crippen LogP contribution is -2.27. The second-order valence-electron chi connectivity index (χ2n) is 5.38. The standard InChI is InChI=1S/C19H23Cl2NO2/c1-3-22(4-2)11-12-23-16-7-5-15(6-8-16)14-24-17-9-10-18(20)19(21)13-17/h5-10,13H,3-4,11-12,14H2,1-2H3. The van der Waals surface area contributed by atoms with E-state index in [2.05, 4.69) is 18.7 Å². The van der Waals surface area contributed by atoms with Crippen LogP contribution in [-0.2, 0) is 6.61 Å². The molecule has 130 valence electrons. The molecule has 0 amide bonds. The van der Waals surface area contributed by atoms with Crippen molar-refractivity contribution in [3.63, 3.8) is 0 Å². The van der Waals surface area contributed by atoms with Crippen LogP contribution in [0.2, 0.25) is 10.0 Å². The maximum Gasteiger partial charge on any atom is 0.121 e. The van der Waals surface area contributed by atoms with E-state index in [0.29, 0.717) is 29.0 Å². The molecule has 24 heavy (non-hydrogen) atoms. The zero-order chi connectivity index (χ0) is 17.4. The van der Waals surface area contributed by atoms with Crippen molar-refractivity contribution in [1.82, 2.24) is 4.90 Å². The summed E-state index contributed by atoms with van der Waals surface area (Å²) in [7, 11) is 0. The topological polar surface area (TPSA) is 21.7 Å². The van der Waals surface area contributed by atoms with Crippen LogP contribution in [0.4, 0.5) is 0 Å². The van der Waals surface area contributed by atoms with Crippen molar-refractivity contribution in [3.8, 4) is 11.5 Å². The molecule has 0 saturated carbocycles. The van der Waals surface area contributed by atoms with Gasteiger partial charge in [-0.05, 0) is 42.9 Å². The molecule has 0 aliphatic heterocycles. The van der Waals surface area contributed by atoms with Crippen LogP contribution in [0.1, 0.15) is 19.4 Å². The van der Waals surface area contributed by atoms with Crippen LogP contribution in [0.3, 0.4) is 0 Å². The third-order valence-corrected chi connectivity index (χ3v) is 4.53. The quantitative estimate of drug-likeness (QED) is 0.600. The molecule has 0 fully saturated rings. The molecule has 0 aliphatic rings. The molecular weight excluding hydrogens is 345 g/mol. The van der Waals surface area contributed by atoms with Crippen LogP contribution in [0.25, 0.3) is 0 Å². The number of hydrogen-bond acceptors (Lipinski definition) is 3. The maximum atomic E-state index is 5.98. The maximum absolute atomic E-state index is 5.98. The Morgan fingerprint density at radius 1 is 0.833 bits per heavy atom. The highest BCUT2D eigenvalue weighted by atomic mass is 35.5. The Kier molecular flexibility index (Phi) is 7.70. The van der Waals surface area contributed by atoms with Gasteiger partial charge in [0.25, 0.3) is 0 Å². The minimum Gasteiger partial charge on any atom is -0.492 e. The fourth-order valence-corrected chi connectivity index (χ4v) is 2.54. The van der Waals surface area contributed by atoms with Gasteiger partial charge in [-0.2, -0.15) is 0 Å². The minimum atomic E-state index is 0.470. The lowest BCUT2D eigenvalue weighted by molar-refractivity contribution is 0.222. The molecule has 0 radical (unpaired) electrons. The number of halogens is 2. The van der Waals surface area contributed by atoms with Crippen molar-refractivity contribution in [2.45, 2.75) is 20.5 Å². The van der Waals surface area contributed by atoms with Crippen LogP contribution in [0.5, 0.6) is 11.5 Å². The molecule has 0 atom stereocenters. The van der Waals surface area contributed by atoms with Crippen molar-refractivity contribution in [3.05, 3.63) is 58.1 Å². The summed E-state index contributed by atoms with van der Waals surface area (Å²) in [5, 5.41) is 1.02. The van der Waals surface area contributed by atoms with Gasteiger partial charge in [0.1, 0.15) is 24.7 Å². The molecule has 0 N–H and O–H groups in total. The molecule has 0 spiro atoms. The van der Waals surface area contributed by atoms with Crippen molar-refractivity contribution < 1.29 is 9.47 Å². The van der Waals surface area contributed by atoms with Crippen LogP contribution >= 0.6 is 23.2 Å². The van der Waals surface area contributed by atoms with E-state index >= 15 is 0 Å². The van der Waals surface area contributed by atoms with Gasteiger partial charge in [0, 0.05) is 12.6 Å². The van der Waals surface area contributed by atoms with Gasteiger partial charge in [0.05, 0.1) is 10.0 Å². The largest absolute Gasteiger partial charge is 0.492 e. The van der Waals surface area contributed by atoms with Crippen molar-refractivity contribution in [1.29, 1.82) is 0 Å². The zero-order valence-electron chi connectivity index (χ0n) is 14.1. The van der Waals surface area contributed by atoms with E-state index in [1.807, 2.05) is 24.3 Å².